The van der Waals surface area contributed by atoms with E-state index in [1.807, 2.05) is 0 Å². The SMILES string of the molecule is CCCCC(CC)CC(CC)CN(C)CC(CC)CC(CC)CCCC. The van der Waals surface area contributed by atoms with Gasteiger partial charge in [0.2, 0.25) is 0 Å². The standard InChI is InChI=1S/C25H53N/c1-8-14-16-22(10-3)18-24(12-5)20-26(7)21-25(13-6)19-23(11-4)17-15-9-2/h22-25H,8-21H2,1-7H3. The summed E-state index contributed by atoms with van der Waals surface area (Å²) >= 11 is 0. The van der Waals surface area contributed by atoms with Crippen LogP contribution in [0.25, 0.3) is 0 Å². The number of nitrogens with zero attached hydrogens (tertiary/aromatic N) is 1. The predicted octanol–water partition coefficient (Wildman–Crippen LogP) is 8.18. The molecule has 0 radical (unpaired) electrons. The third kappa shape index (κ3) is 12.4. The third-order valence-electron chi connectivity index (χ3n) is 6.71. The second-order valence-corrected chi connectivity index (χ2v) is 9.07. The van der Waals surface area contributed by atoms with E-state index in [-0.39, 0.29) is 0 Å². The van der Waals surface area contributed by atoms with Crippen LogP contribution in [0.5, 0.6) is 0 Å². The van der Waals surface area contributed by atoms with Crippen LogP contribution in [0, 0.1) is 23.7 Å². The topological polar surface area (TPSA) is 3.24 Å². The summed E-state index contributed by atoms with van der Waals surface area (Å²) in [5, 5.41) is 0. The zero-order valence-electron chi connectivity index (χ0n) is 19.7. The van der Waals surface area contributed by atoms with Gasteiger partial charge in [0.1, 0.15) is 0 Å². The highest BCUT2D eigenvalue weighted by Crippen LogP contribution is 2.26. The lowest BCUT2D eigenvalue weighted by Crippen LogP contribution is -2.32. The molecule has 0 aliphatic carbocycles. The highest BCUT2D eigenvalue weighted by atomic mass is 15.1. The minimum absolute atomic E-state index is 0.890. The van der Waals surface area contributed by atoms with Crippen LogP contribution in [0.15, 0.2) is 0 Å². The Balaban J connectivity index is 4.43. The van der Waals surface area contributed by atoms with Crippen LogP contribution >= 0.6 is 0 Å². The van der Waals surface area contributed by atoms with Gasteiger partial charge in [-0.25, -0.2) is 0 Å². The molecule has 0 fully saturated rings. The van der Waals surface area contributed by atoms with Gasteiger partial charge in [0.15, 0.2) is 0 Å². The minimum Gasteiger partial charge on any atom is -0.306 e. The van der Waals surface area contributed by atoms with Crippen molar-refractivity contribution in [1.29, 1.82) is 0 Å². The molecule has 0 aromatic heterocycles. The molecule has 4 atom stereocenters. The summed E-state index contributed by atoms with van der Waals surface area (Å²) in [7, 11) is 2.38. The summed E-state index contributed by atoms with van der Waals surface area (Å²) in [5.74, 6) is 3.69. The highest BCUT2D eigenvalue weighted by Gasteiger charge is 2.19. The molecule has 0 heterocycles. The van der Waals surface area contributed by atoms with Crippen LogP contribution in [0.1, 0.15) is 119 Å². The molecule has 158 valence electrons. The summed E-state index contributed by atoms with van der Waals surface area (Å²) in [6.07, 6.45) is 16.7. The van der Waals surface area contributed by atoms with Gasteiger partial charge in [0.05, 0.1) is 0 Å². The monoisotopic (exact) mass is 367 g/mol. The van der Waals surface area contributed by atoms with Crippen LogP contribution < -0.4 is 0 Å². The first-order valence-electron chi connectivity index (χ1n) is 12.2. The minimum atomic E-state index is 0.890. The Labute approximate surface area is 167 Å². The van der Waals surface area contributed by atoms with Gasteiger partial charge in [-0.1, -0.05) is 106 Å². The maximum Gasteiger partial charge on any atom is 0.000672 e. The Bertz CT molecular complexity index is 260. The zero-order chi connectivity index (χ0) is 19.8. The van der Waals surface area contributed by atoms with Crippen LogP contribution in [0.3, 0.4) is 0 Å². The fourth-order valence-electron chi connectivity index (χ4n) is 4.60. The second-order valence-electron chi connectivity index (χ2n) is 9.07. The fraction of sp³-hybridized carbons (Fsp3) is 1.00. The molecule has 1 nitrogen and oxygen atoms in total. The van der Waals surface area contributed by atoms with E-state index in [0.717, 1.165) is 23.7 Å². The molecule has 0 N–H and O–H groups in total. The van der Waals surface area contributed by atoms with E-state index in [2.05, 4.69) is 53.5 Å². The lowest BCUT2D eigenvalue weighted by Gasteiger charge is -2.30. The Morgan fingerprint density at radius 3 is 1.15 bits per heavy atom. The second kappa shape index (κ2) is 17.1. The number of hydrogen-bond acceptors (Lipinski definition) is 1. The molecule has 0 saturated carbocycles. The lowest BCUT2D eigenvalue weighted by atomic mass is 9.86. The molecule has 26 heavy (non-hydrogen) atoms. The maximum absolute atomic E-state index is 2.67. The predicted molar refractivity (Wildman–Crippen MR) is 121 cm³/mol. The Kier molecular flexibility index (Phi) is 17.1. The van der Waals surface area contributed by atoms with Crippen molar-refractivity contribution >= 4 is 0 Å². The van der Waals surface area contributed by atoms with Crippen LogP contribution in [0.4, 0.5) is 0 Å². The molecule has 0 aromatic carbocycles. The van der Waals surface area contributed by atoms with Crippen molar-refractivity contribution < 1.29 is 0 Å². The number of unbranched alkanes of at least 4 members (excludes halogenated alkanes) is 2. The van der Waals surface area contributed by atoms with Crippen LogP contribution in [-0.4, -0.2) is 25.0 Å². The highest BCUT2D eigenvalue weighted by molar-refractivity contribution is 4.72. The van der Waals surface area contributed by atoms with Gasteiger partial charge >= 0.3 is 0 Å². The molecule has 0 aliphatic heterocycles. The lowest BCUT2D eigenvalue weighted by molar-refractivity contribution is 0.189. The van der Waals surface area contributed by atoms with Crippen molar-refractivity contribution in [3.8, 4) is 0 Å². The summed E-state index contributed by atoms with van der Waals surface area (Å²) in [4.78, 5) is 2.67. The van der Waals surface area contributed by atoms with Gasteiger partial charge in [-0.3, -0.25) is 0 Å². The van der Waals surface area contributed by atoms with Gasteiger partial charge in [0, 0.05) is 13.1 Å². The first-order valence-corrected chi connectivity index (χ1v) is 12.2. The van der Waals surface area contributed by atoms with Gasteiger partial charge < -0.3 is 4.90 Å². The smallest absolute Gasteiger partial charge is 0.000672 e. The van der Waals surface area contributed by atoms with Crippen molar-refractivity contribution in [2.75, 3.05) is 20.1 Å². The first kappa shape index (κ1) is 26.0. The van der Waals surface area contributed by atoms with E-state index in [1.54, 1.807) is 0 Å². The Morgan fingerprint density at radius 2 is 0.885 bits per heavy atom. The molecule has 0 aromatic rings. The van der Waals surface area contributed by atoms with Gasteiger partial charge in [-0.05, 0) is 43.6 Å². The molecule has 0 amide bonds. The van der Waals surface area contributed by atoms with Crippen molar-refractivity contribution in [3.63, 3.8) is 0 Å². The quantitative estimate of drug-likeness (QED) is 0.236. The Morgan fingerprint density at radius 1 is 0.538 bits per heavy atom. The molecule has 1 heteroatoms. The Hall–Kier alpha value is -0.0400. The molecule has 0 bridgehead atoms. The van der Waals surface area contributed by atoms with E-state index in [9.17, 15) is 0 Å². The molecule has 0 spiro atoms. The van der Waals surface area contributed by atoms with E-state index in [0.29, 0.717) is 0 Å². The summed E-state index contributed by atoms with van der Waals surface area (Å²) in [6, 6.07) is 0. The van der Waals surface area contributed by atoms with E-state index in [1.165, 1.54) is 90.1 Å². The van der Waals surface area contributed by atoms with E-state index < -0.39 is 0 Å². The maximum atomic E-state index is 2.67. The van der Waals surface area contributed by atoms with E-state index >= 15 is 0 Å². The average Bonchev–Trinajstić information content (AvgIpc) is 2.66. The van der Waals surface area contributed by atoms with Crippen molar-refractivity contribution in [1.82, 2.24) is 4.90 Å². The van der Waals surface area contributed by atoms with Crippen molar-refractivity contribution in [2.24, 2.45) is 23.7 Å². The van der Waals surface area contributed by atoms with Crippen molar-refractivity contribution in [3.05, 3.63) is 0 Å². The summed E-state index contributed by atoms with van der Waals surface area (Å²) in [6.45, 7) is 16.9. The van der Waals surface area contributed by atoms with E-state index in [4.69, 9.17) is 0 Å². The van der Waals surface area contributed by atoms with Crippen LogP contribution in [0.2, 0.25) is 0 Å². The van der Waals surface area contributed by atoms with Crippen LogP contribution in [-0.2, 0) is 0 Å². The molecular weight excluding hydrogens is 314 g/mol. The number of rotatable bonds is 18. The summed E-state index contributed by atoms with van der Waals surface area (Å²) < 4.78 is 0. The zero-order valence-corrected chi connectivity index (χ0v) is 19.7. The number of hydrogen-bond donors (Lipinski definition) is 0. The normalized spacial score (nSPS) is 16.6. The first-order chi connectivity index (χ1) is 12.5. The molecular formula is C25H53N. The third-order valence-corrected chi connectivity index (χ3v) is 6.71. The van der Waals surface area contributed by atoms with Gasteiger partial charge in [-0.2, -0.15) is 0 Å². The van der Waals surface area contributed by atoms with Crippen molar-refractivity contribution in [2.45, 2.75) is 119 Å². The fourth-order valence-corrected chi connectivity index (χ4v) is 4.60. The van der Waals surface area contributed by atoms with Gasteiger partial charge in [0.25, 0.3) is 0 Å². The largest absolute Gasteiger partial charge is 0.306 e. The molecule has 0 saturated heterocycles. The molecule has 0 rings (SSSR count). The summed E-state index contributed by atoms with van der Waals surface area (Å²) in [5.41, 5.74) is 0. The molecule has 0 aliphatic rings. The van der Waals surface area contributed by atoms with Gasteiger partial charge in [-0.15, -0.1) is 0 Å². The molecule has 4 unspecified atom stereocenters. The average molecular weight is 368 g/mol.